The van der Waals surface area contributed by atoms with Gasteiger partial charge in [-0.05, 0) is 44.9 Å². The summed E-state index contributed by atoms with van der Waals surface area (Å²) in [6.45, 7) is -0.151. The number of hydrogen-bond donors (Lipinski definition) is 6. The smallest absolute Gasteiger partial charge is 0.305 e. The molecule has 3 rings (SSSR count). The average molecular weight is 480 g/mol. The zero-order valence-electron chi connectivity index (χ0n) is 19.0. The fourth-order valence-electron chi connectivity index (χ4n) is 5.00. The average Bonchev–Trinajstić information content (AvgIpc) is 3.13. The number of aliphatic imine (C=N–C) groups is 1. The highest BCUT2D eigenvalue weighted by atomic mass is 16.4. The second-order valence-electron chi connectivity index (χ2n) is 8.98. The number of carbonyl (C=O) groups is 5. The number of amides is 3. The second-order valence-corrected chi connectivity index (χ2v) is 8.98. The first kappa shape index (κ1) is 25.4. The van der Waals surface area contributed by atoms with E-state index in [2.05, 4.69) is 20.9 Å². The molecule has 8 N–H and O–H groups in total. The number of nitrogens with zero attached hydrogens (tertiary/aromatic N) is 2. The molecule has 0 aromatic heterocycles. The van der Waals surface area contributed by atoms with Crippen molar-refractivity contribution in [3.05, 3.63) is 0 Å². The summed E-state index contributed by atoms with van der Waals surface area (Å²) in [6, 6.07) is -3.67. The maximum absolute atomic E-state index is 13.5. The Morgan fingerprint density at radius 2 is 1.85 bits per heavy atom. The van der Waals surface area contributed by atoms with Gasteiger partial charge in [0, 0.05) is 12.6 Å². The minimum absolute atomic E-state index is 0.0729. The summed E-state index contributed by atoms with van der Waals surface area (Å²) in [7, 11) is 0. The molecule has 0 radical (unpaired) electrons. The number of rotatable bonds is 6. The first-order chi connectivity index (χ1) is 16.2. The third-order valence-electron chi connectivity index (χ3n) is 6.56. The van der Waals surface area contributed by atoms with Gasteiger partial charge in [-0.15, -0.1) is 0 Å². The quantitative estimate of drug-likeness (QED) is 0.136. The number of fused-ring (bicyclic) bond motifs is 1. The van der Waals surface area contributed by atoms with Crippen LogP contribution in [0, 0.1) is 0 Å². The van der Waals surface area contributed by atoms with Crippen molar-refractivity contribution in [2.75, 3.05) is 13.1 Å². The number of aliphatic carboxylic acids is 1. The molecule has 0 aromatic rings. The fourth-order valence-corrected chi connectivity index (χ4v) is 5.00. The van der Waals surface area contributed by atoms with Crippen LogP contribution in [0.3, 0.4) is 0 Å². The van der Waals surface area contributed by atoms with Crippen LogP contribution in [-0.4, -0.2) is 88.7 Å². The van der Waals surface area contributed by atoms with Crippen molar-refractivity contribution >= 4 is 35.4 Å². The maximum Gasteiger partial charge on any atom is 0.305 e. The van der Waals surface area contributed by atoms with Crippen molar-refractivity contribution in [3.63, 3.8) is 0 Å². The molecule has 3 aliphatic rings. The number of guanidine groups is 1. The Morgan fingerprint density at radius 3 is 2.56 bits per heavy atom. The van der Waals surface area contributed by atoms with Crippen LogP contribution in [-0.2, 0) is 24.0 Å². The predicted octanol–water partition coefficient (Wildman–Crippen LogP) is -2.43. The molecule has 0 unspecified atom stereocenters. The van der Waals surface area contributed by atoms with Gasteiger partial charge in [0.05, 0.1) is 37.1 Å². The van der Waals surface area contributed by atoms with Crippen molar-refractivity contribution in [1.29, 1.82) is 0 Å². The summed E-state index contributed by atoms with van der Waals surface area (Å²) in [6.07, 6.45) is 3.14. The molecule has 5 atom stereocenters. The monoisotopic (exact) mass is 479 g/mol. The van der Waals surface area contributed by atoms with Crippen LogP contribution in [0.15, 0.2) is 4.99 Å². The van der Waals surface area contributed by atoms with Gasteiger partial charge >= 0.3 is 5.97 Å². The molecule has 3 saturated heterocycles. The van der Waals surface area contributed by atoms with Gasteiger partial charge in [-0.2, -0.15) is 0 Å². The van der Waals surface area contributed by atoms with E-state index in [-0.39, 0.29) is 36.7 Å². The predicted molar refractivity (Wildman–Crippen MR) is 120 cm³/mol. The Kier molecular flexibility index (Phi) is 8.42. The lowest BCUT2D eigenvalue weighted by Gasteiger charge is -2.33. The van der Waals surface area contributed by atoms with Gasteiger partial charge in [0.2, 0.25) is 17.7 Å². The van der Waals surface area contributed by atoms with E-state index in [1.165, 1.54) is 0 Å². The summed E-state index contributed by atoms with van der Waals surface area (Å²) in [5.41, 5.74) is 10.7. The van der Waals surface area contributed by atoms with Crippen LogP contribution in [0.25, 0.3) is 0 Å². The van der Waals surface area contributed by atoms with Crippen LogP contribution in [0.2, 0.25) is 0 Å². The molecule has 0 spiro atoms. The van der Waals surface area contributed by atoms with Crippen molar-refractivity contribution in [1.82, 2.24) is 20.9 Å². The highest BCUT2D eigenvalue weighted by Crippen LogP contribution is 2.33. The molecule has 0 aromatic carbocycles. The maximum atomic E-state index is 13.5. The normalized spacial score (nSPS) is 30.2. The number of hydrogen-bond acceptors (Lipinski definition) is 7. The Labute approximate surface area is 197 Å². The Hall–Kier alpha value is -3.22. The number of carboxylic acids is 1. The minimum Gasteiger partial charge on any atom is -0.481 e. The summed E-state index contributed by atoms with van der Waals surface area (Å²) in [5, 5.41) is 17.2. The molecule has 2 bridgehead atoms. The first-order valence-electron chi connectivity index (χ1n) is 11.6. The summed E-state index contributed by atoms with van der Waals surface area (Å²) >= 11 is 0. The first-order valence-corrected chi connectivity index (χ1v) is 11.6. The van der Waals surface area contributed by atoms with E-state index in [1.54, 1.807) is 4.90 Å². The van der Waals surface area contributed by atoms with E-state index in [4.69, 9.17) is 11.5 Å². The van der Waals surface area contributed by atoms with E-state index >= 15 is 0 Å². The highest BCUT2D eigenvalue weighted by molar-refractivity contribution is 5.98. The standard InChI is InChI=1S/C21H33N7O6/c22-21(23)24-8-2-5-12-18(32)15-7-6-11-3-1-4-13(20(34)28(11)15)26-14(9-17(30)31)19(33)25-10-16(29)27-12/h11-15,26H,1-10H2,(H,25,33)(H,27,29)(H,30,31)(H4,22,23,24)/t11-,12-,13-,14-,15-/m0/s1. The summed E-state index contributed by atoms with van der Waals surface area (Å²) in [4.78, 5) is 69.1. The van der Waals surface area contributed by atoms with E-state index in [1.807, 2.05) is 0 Å². The third-order valence-corrected chi connectivity index (χ3v) is 6.56. The molecular weight excluding hydrogens is 446 g/mol. The molecule has 0 aliphatic carbocycles. The van der Waals surface area contributed by atoms with Gasteiger partial charge in [-0.25, -0.2) is 0 Å². The lowest BCUT2D eigenvalue weighted by atomic mass is 9.97. The molecule has 188 valence electrons. The van der Waals surface area contributed by atoms with Crippen LogP contribution in [0.1, 0.15) is 51.4 Å². The van der Waals surface area contributed by atoms with E-state index in [9.17, 15) is 29.1 Å². The largest absolute Gasteiger partial charge is 0.481 e. The topological polar surface area (TPSA) is 209 Å². The van der Waals surface area contributed by atoms with Crippen LogP contribution in [0.5, 0.6) is 0 Å². The number of ketones is 1. The number of carboxylic acid groups (broad SMARTS) is 1. The molecule has 3 aliphatic heterocycles. The zero-order valence-corrected chi connectivity index (χ0v) is 19.0. The van der Waals surface area contributed by atoms with Gasteiger partial charge in [0.25, 0.3) is 0 Å². The van der Waals surface area contributed by atoms with Gasteiger partial charge < -0.3 is 32.1 Å². The third kappa shape index (κ3) is 6.22. The Morgan fingerprint density at radius 1 is 1.09 bits per heavy atom. The number of carbonyl (C=O) groups excluding carboxylic acids is 4. The molecule has 13 heteroatoms. The zero-order chi connectivity index (χ0) is 24.8. The second kappa shape index (κ2) is 11.3. The minimum atomic E-state index is -1.21. The molecule has 3 amide bonds. The lowest BCUT2D eigenvalue weighted by Crippen LogP contribution is -2.57. The molecule has 13 nitrogen and oxygen atoms in total. The van der Waals surface area contributed by atoms with E-state index in [0.717, 1.165) is 0 Å². The van der Waals surface area contributed by atoms with Crippen LogP contribution >= 0.6 is 0 Å². The highest BCUT2D eigenvalue weighted by Gasteiger charge is 2.46. The molecule has 34 heavy (non-hydrogen) atoms. The molecule has 3 fully saturated rings. The van der Waals surface area contributed by atoms with Gasteiger partial charge in [0.1, 0.15) is 0 Å². The number of Topliss-reactive ketones (excluding diaryl/α,β-unsaturated/α-hetero) is 1. The SMILES string of the molecule is NC(N)=NCCC[C@@H]1NC(=O)CNC(=O)[C@H](CC(=O)O)N[C@H]2CCC[C@H]3CC[C@@H](C1=O)N3C2=O. The lowest BCUT2D eigenvalue weighted by molar-refractivity contribution is -0.143. The Balaban J connectivity index is 1.89. The van der Waals surface area contributed by atoms with Gasteiger partial charge in [-0.3, -0.25) is 34.3 Å². The van der Waals surface area contributed by atoms with Gasteiger partial charge in [0.15, 0.2) is 11.7 Å². The Bertz CT molecular complexity index is 859. The van der Waals surface area contributed by atoms with Gasteiger partial charge in [-0.1, -0.05) is 0 Å². The number of nitrogens with two attached hydrogens (primary N) is 2. The fraction of sp³-hybridized carbons (Fsp3) is 0.714. The van der Waals surface area contributed by atoms with Crippen molar-refractivity contribution in [3.8, 4) is 0 Å². The van der Waals surface area contributed by atoms with Crippen LogP contribution in [0.4, 0.5) is 0 Å². The summed E-state index contributed by atoms with van der Waals surface area (Å²) in [5.74, 6) is -3.14. The number of nitrogens with one attached hydrogen (secondary N) is 3. The molecule has 0 saturated carbocycles. The summed E-state index contributed by atoms with van der Waals surface area (Å²) < 4.78 is 0. The van der Waals surface area contributed by atoms with Crippen LogP contribution < -0.4 is 27.4 Å². The van der Waals surface area contributed by atoms with E-state index < -0.39 is 54.9 Å². The molecule has 3 heterocycles. The van der Waals surface area contributed by atoms with Crippen molar-refractivity contribution < 1.29 is 29.1 Å². The molecular formula is C21H33N7O6. The van der Waals surface area contributed by atoms with Crippen molar-refractivity contribution in [2.45, 2.75) is 81.6 Å². The van der Waals surface area contributed by atoms with E-state index in [0.29, 0.717) is 38.5 Å². The van der Waals surface area contributed by atoms with Crippen molar-refractivity contribution in [2.24, 2.45) is 16.5 Å².